The quantitative estimate of drug-likeness (QED) is 0.805. The van der Waals surface area contributed by atoms with Crippen LogP contribution in [0.3, 0.4) is 0 Å². The second-order valence-corrected chi connectivity index (χ2v) is 7.75. The van der Waals surface area contributed by atoms with Crippen molar-refractivity contribution < 1.29 is 23.2 Å². The van der Waals surface area contributed by atoms with Crippen LogP contribution in [-0.2, 0) is 16.0 Å². The zero-order valence-electron chi connectivity index (χ0n) is 15.8. The minimum Gasteiger partial charge on any atom is -0.342 e. The molecule has 1 N–H and O–H groups in total. The average molecular weight is 434 g/mol. The van der Waals surface area contributed by atoms with Gasteiger partial charge in [-0.2, -0.15) is 0 Å². The first-order valence-electron chi connectivity index (χ1n) is 9.43. The number of nitrogens with one attached hydrogen (secondary N) is 1. The lowest BCUT2D eigenvalue weighted by Gasteiger charge is -2.45. The number of amides is 3. The minimum atomic E-state index is -0.867. The molecule has 2 heterocycles. The van der Waals surface area contributed by atoms with Gasteiger partial charge in [-0.1, -0.05) is 23.7 Å². The van der Waals surface area contributed by atoms with Gasteiger partial charge in [0.1, 0.15) is 23.7 Å². The highest BCUT2D eigenvalue weighted by Gasteiger charge is 2.44. The molecule has 0 aliphatic carbocycles. The van der Waals surface area contributed by atoms with Gasteiger partial charge in [0, 0.05) is 24.5 Å². The van der Waals surface area contributed by atoms with Crippen molar-refractivity contribution in [1.82, 2.24) is 15.1 Å². The van der Waals surface area contributed by atoms with E-state index in [9.17, 15) is 23.2 Å². The first kappa shape index (κ1) is 20.3. The normalized spacial score (nSPS) is 21.3. The molecule has 9 heteroatoms. The zero-order chi connectivity index (χ0) is 21.4. The Labute approximate surface area is 176 Å². The van der Waals surface area contributed by atoms with Crippen LogP contribution < -0.4 is 5.32 Å². The molecule has 2 aromatic carbocycles. The van der Waals surface area contributed by atoms with E-state index in [0.717, 1.165) is 23.8 Å². The number of carbonyl (C=O) groups is 3. The lowest BCUT2D eigenvalue weighted by atomic mass is 9.98. The Balaban J connectivity index is 1.47. The van der Waals surface area contributed by atoms with Crippen molar-refractivity contribution in [3.8, 4) is 0 Å². The fourth-order valence-corrected chi connectivity index (χ4v) is 3.94. The van der Waals surface area contributed by atoms with Crippen LogP contribution >= 0.6 is 11.6 Å². The van der Waals surface area contributed by atoms with Crippen molar-refractivity contribution in [1.29, 1.82) is 0 Å². The monoisotopic (exact) mass is 433 g/mol. The van der Waals surface area contributed by atoms with Crippen LogP contribution in [0.2, 0.25) is 5.02 Å². The van der Waals surface area contributed by atoms with Crippen LogP contribution in [-0.4, -0.2) is 59.2 Å². The Kier molecular flexibility index (Phi) is 5.42. The number of benzene rings is 2. The number of piperazine rings is 2. The van der Waals surface area contributed by atoms with Crippen LogP contribution in [0, 0.1) is 11.6 Å². The smallest absolute Gasteiger partial charge is 0.257 e. The van der Waals surface area contributed by atoms with Crippen LogP contribution in [0.1, 0.15) is 15.9 Å². The molecule has 2 atom stereocenters. The Hall–Kier alpha value is -3.00. The number of carbonyl (C=O) groups excluding carboxylic acids is 3. The summed E-state index contributed by atoms with van der Waals surface area (Å²) in [5, 5.41) is 3.29. The van der Waals surface area contributed by atoms with Crippen molar-refractivity contribution in [3.05, 3.63) is 70.2 Å². The average Bonchev–Trinajstić information content (AvgIpc) is 2.74. The minimum absolute atomic E-state index is 0.0833. The van der Waals surface area contributed by atoms with Crippen LogP contribution in [0.5, 0.6) is 0 Å². The Morgan fingerprint density at radius 3 is 2.57 bits per heavy atom. The summed E-state index contributed by atoms with van der Waals surface area (Å²) in [6.07, 6.45) is 0.322. The van der Waals surface area contributed by atoms with Gasteiger partial charge in [-0.05, 0) is 35.9 Å². The summed E-state index contributed by atoms with van der Waals surface area (Å²) in [6, 6.07) is 8.07. The van der Waals surface area contributed by atoms with Crippen molar-refractivity contribution in [3.63, 3.8) is 0 Å². The molecule has 156 valence electrons. The molecule has 2 aliphatic heterocycles. The van der Waals surface area contributed by atoms with E-state index in [0.29, 0.717) is 11.4 Å². The molecular formula is C21H18ClF2N3O3. The molecule has 6 nitrogen and oxygen atoms in total. The van der Waals surface area contributed by atoms with Gasteiger partial charge in [0.25, 0.3) is 5.91 Å². The molecule has 4 rings (SSSR count). The van der Waals surface area contributed by atoms with Gasteiger partial charge in [0.05, 0.1) is 12.1 Å². The lowest BCUT2D eigenvalue weighted by Crippen LogP contribution is -2.70. The molecule has 0 unspecified atom stereocenters. The van der Waals surface area contributed by atoms with Crippen molar-refractivity contribution in [2.45, 2.75) is 18.5 Å². The Morgan fingerprint density at radius 2 is 1.83 bits per heavy atom. The summed E-state index contributed by atoms with van der Waals surface area (Å²) in [7, 11) is 0. The number of hydrogen-bond donors (Lipinski definition) is 1. The number of halogens is 3. The maximum atomic E-state index is 14.0. The van der Waals surface area contributed by atoms with Crippen molar-refractivity contribution in [2.24, 2.45) is 0 Å². The molecule has 0 spiro atoms. The largest absolute Gasteiger partial charge is 0.342 e. The summed E-state index contributed by atoms with van der Waals surface area (Å²) < 4.78 is 27.4. The third kappa shape index (κ3) is 3.87. The van der Waals surface area contributed by atoms with Gasteiger partial charge in [-0.15, -0.1) is 0 Å². The third-order valence-electron chi connectivity index (χ3n) is 5.38. The van der Waals surface area contributed by atoms with Gasteiger partial charge >= 0.3 is 0 Å². The molecule has 2 aliphatic rings. The molecule has 3 amide bonds. The predicted molar refractivity (Wildman–Crippen MR) is 105 cm³/mol. The molecule has 0 saturated carbocycles. The second kappa shape index (κ2) is 8.02. The highest BCUT2D eigenvalue weighted by Crippen LogP contribution is 2.21. The Morgan fingerprint density at radius 1 is 1.10 bits per heavy atom. The number of rotatable bonds is 3. The van der Waals surface area contributed by atoms with E-state index in [1.54, 1.807) is 24.3 Å². The zero-order valence-corrected chi connectivity index (χ0v) is 16.5. The van der Waals surface area contributed by atoms with Gasteiger partial charge < -0.3 is 15.1 Å². The van der Waals surface area contributed by atoms with Gasteiger partial charge in [0.15, 0.2) is 0 Å². The topological polar surface area (TPSA) is 69.7 Å². The standard InChI is InChI=1S/C21H18ClF2N3O3/c22-13-3-1-12(2-4-13)9-17-21(30)27-8-7-26(11-18(27)19(28)25-17)20(29)15-10-14(23)5-6-16(15)24/h1-6,10,17-18H,7-9,11H2,(H,25,28)/t17-,18+/m0/s1. The third-order valence-corrected chi connectivity index (χ3v) is 5.63. The van der Waals surface area contributed by atoms with E-state index >= 15 is 0 Å². The molecule has 0 aromatic heterocycles. The molecule has 0 bridgehead atoms. The lowest BCUT2D eigenvalue weighted by molar-refractivity contribution is -0.152. The van der Waals surface area contributed by atoms with Gasteiger partial charge in [-0.25, -0.2) is 8.78 Å². The van der Waals surface area contributed by atoms with E-state index in [-0.39, 0.29) is 31.4 Å². The van der Waals surface area contributed by atoms with Gasteiger partial charge in [-0.3, -0.25) is 14.4 Å². The van der Waals surface area contributed by atoms with Crippen molar-refractivity contribution in [2.75, 3.05) is 19.6 Å². The first-order chi connectivity index (χ1) is 14.3. The predicted octanol–water partition coefficient (Wildman–Crippen LogP) is 2.01. The first-order valence-corrected chi connectivity index (χ1v) is 9.81. The SMILES string of the molecule is O=C1N[C@@H](Cc2ccc(Cl)cc2)C(=O)N2CCN(C(=O)c3cc(F)ccc3F)C[C@H]12. The van der Waals surface area contributed by atoms with Crippen LogP contribution in [0.25, 0.3) is 0 Å². The molecule has 2 fully saturated rings. The number of nitrogens with zero attached hydrogens (tertiary/aromatic N) is 2. The molecule has 0 radical (unpaired) electrons. The molecule has 30 heavy (non-hydrogen) atoms. The highest BCUT2D eigenvalue weighted by molar-refractivity contribution is 6.30. The summed E-state index contributed by atoms with van der Waals surface area (Å²) >= 11 is 5.88. The maximum Gasteiger partial charge on any atom is 0.257 e. The fourth-order valence-electron chi connectivity index (χ4n) is 3.81. The van der Waals surface area contributed by atoms with E-state index in [1.165, 1.54) is 9.80 Å². The van der Waals surface area contributed by atoms with Crippen LogP contribution in [0.4, 0.5) is 8.78 Å². The van der Waals surface area contributed by atoms with E-state index < -0.39 is 35.2 Å². The fraction of sp³-hybridized carbons (Fsp3) is 0.286. The van der Waals surface area contributed by atoms with Gasteiger partial charge in [0.2, 0.25) is 11.8 Å². The Bertz CT molecular complexity index is 1020. The van der Waals surface area contributed by atoms with E-state index in [2.05, 4.69) is 5.32 Å². The number of hydrogen-bond acceptors (Lipinski definition) is 3. The summed E-state index contributed by atoms with van der Waals surface area (Å²) in [6.45, 7) is 0.175. The number of fused-ring (bicyclic) bond motifs is 1. The second-order valence-electron chi connectivity index (χ2n) is 7.31. The summed E-state index contributed by atoms with van der Waals surface area (Å²) in [5.41, 5.74) is 0.457. The maximum absolute atomic E-state index is 14.0. The molecule has 2 aromatic rings. The summed E-state index contributed by atoms with van der Waals surface area (Å²) in [5.74, 6) is -2.90. The van der Waals surface area contributed by atoms with E-state index in [4.69, 9.17) is 11.6 Å². The summed E-state index contributed by atoms with van der Waals surface area (Å²) in [4.78, 5) is 40.9. The van der Waals surface area contributed by atoms with Crippen molar-refractivity contribution >= 4 is 29.3 Å². The molecule has 2 saturated heterocycles. The van der Waals surface area contributed by atoms with Crippen LogP contribution in [0.15, 0.2) is 42.5 Å². The molecular weight excluding hydrogens is 416 g/mol. The van der Waals surface area contributed by atoms with E-state index in [1.807, 2.05) is 0 Å². The highest BCUT2D eigenvalue weighted by atomic mass is 35.5.